The standard InChI is InChI=1S/C20H22ClNO4/c1-2-25-20(24)16(12-15-8-4-3-5-9-15)13-22-19(23)14-26-18-11-7-6-10-17(18)21/h3-11,16H,2,12-14H2,1H3,(H,22,23). The number of benzene rings is 2. The highest BCUT2D eigenvalue weighted by Crippen LogP contribution is 2.22. The summed E-state index contributed by atoms with van der Waals surface area (Å²) in [5.41, 5.74) is 1.01. The molecule has 1 unspecified atom stereocenters. The van der Waals surface area contributed by atoms with Crippen LogP contribution in [0.25, 0.3) is 0 Å². The molecule has 0 heterocycles. The molecular formula is C20H22ClNO4. The van der Waals surface area contributed by atoms with Gasteiger partial charge in [-0.1, -0.05) is 54.1 Å². The summed E-state index contributed by atoms with van der Waals surface area (Å²) in [6.07, 6.45) is 0.491. The Hall–Kier alpha value is -2.53. The summed E-state index contributed by atoms with van der Waals surface area (Å²) in [5.74, 6) is -0.673. The van der Waals surface area contributed by atoms with Crippen molar-refractivity contribution in [2.75, 3.05) is 19.8 Å². The topological polar surface area (TPSA) is 64.6 Å². The molecule has 0 aliphatic rings. The SMILES string of the molecule is CCOC(=O)C(CNC(=O)COc1ccccc1Cl)Cc1ccccc1. The zero-order valence-corrected chi connectivity index (χ0v) is 15.4. The van der Waals surface area contributed by atoms with Crippen molar-refractivity contribution in [3.05, 3.63) is 65.2 Å². The van der Waals surface area contributed by atoms with Gasteiger partial charge in [-0.2, -0.15) is 0 Å². The van der Waals surface area contributed by atoms with E-state index in [0.717, 1.165) is 5.56 Å². The minimum Gasteiger partial charge on any atom is -0.482 e. The average molecular weight is 376 g/mol. The van der Waals surface area contributed by atoms with Crippen molar-refractivity contribution in [2.45, 2.75) is 13.3 Å². The van der Waals surface area contributed by atoms with E-state index in [1.165, 1.54) is 0 Å². The highest BCUT2D eigenvalue weighted by molar-refractivity contribution is 6.32. The maximum Gasteiger partial charge on any atom is 0.311 e. The van der Waals surface area contributed by atoms with E-state index < -0.39 is 5.92 Å². The number of carbonyl (C=O) groups is 2. The second-order valence-corrected chi connectivity index (χ2v) is 6.07. The van der Waals surface area contributed by atoms with Crippen LogP contribution in [-0.4, -0.2) is 31.6 Å². The maximum absolute atomic E-state index is 12.2. The quantitative estimate of drug-likeness (QED) is 0.683. The van der Waals surface area contributed by atoms with Crippen LogP contribution in [0.15, 0.2) is 54.6 Å². The van der Waals surface area contributed by atoms with Crippen LogP contribution in [-0.2, 0) is 20.7 Å². The van der Waals surface area contributed by atoms with Gasteiger partial charge >= 0.3 is 5.97 Å². The van der Waals surface area contributed by atoms with Crippen molar-refractivity contribution < 1.29 is 19.1 Å². The van der Waals surface area contributed by atoms with Crippen molar-refractivity contribution >= 4 is 23.5 Å². The zero-order valence-electron chi connectivity index (χ0n) is 14.6. The van der Waals surface area contributed by atoms with Crippen LogP contribution >= 0.6 is 11.6 Å². The molecule has 0 fully saturated rings. The first kappa shape index (κ1) is 19.8. The van der Waals surface area contributed by atoms with Crippen LogP contribution < -0.4 is 10.1 Å². The van der Waals surface area contributed by atoms with Gasteiger partial charge in [-0.05, 0) is 31.0 Å². The molecule has 0 spiro atoms. The Kier molecular flexibility index (Phi) is 7.96. The summed E-state index contributed by atoms with van der Waals surface area (Å²) >= 11 is 5.98. The van der Waals surface area contributed by atoms with Gasteiger partial charge in [-0.3, -0.25) is 9.59 Å². The Morgan fingerprint density at radius 2 is 1.77 bits per heavy atom. The fourth-order valence-corrected chi connectivity index (χ4v) is 2.58. The molecule has 0 radical (unpaired) electrons. The molecule has 2 aromatic rings. The van der Waals surface area contributed by atoms with Crippen LogP contribution in [0.1, 0.15) is 12.5 Å². The van der Waals surface area contributed by atoms with Gasteiger partial charge < -0.3 is 14.8 Å². The summed E-state index contributed by atoms with van der Waals surface area (Å²) in [6, 6.07) is 16.5. The molecule has 1 amide bonds. The van der Waals surface area contributed by atoms with Gasteiger partial charge in [0.15, 0.2) is 6.61 Å². The Labute approximate surface area is 158 Å². The molecule has 2 aromatic carbocycles. The largest absolute Gasteiger partial charge is 0.482 e. The number of halogens is 1. The molecule has 1 N–H and O–H groups in total. The van der Waals surface area contributed by atoms with Gasteiger partial charge in [0.2, 0.25) is 0 Å². The lowest BCUT2D eigenvalue weighted by Crippen LogP contribution is -2.37. The second kappa shape index (κ2) is 10.5. The molecule has 2 rings (SSSR count). The first-order valence-electron chi connectivity index (χ1n) is 8.44. The van der Waals surface area contributed by atoms with Gasteiger partial charge in [0.1, 0.15) is 5.75 Å². The highest BCUT2D eigenvalue weighted by atomic mass is 35.5. The lowest BCUT2D eigenvalue weighted by molar-refractivity contribution is -0.147. The average Bonchev–Trinajstić information content (AvgIpc) is 2.65. The number of carbonyl (C=O) groups excluding carboxylic acids is 2. The Morgan fingerprint density at radius 3 is 2.46 bits per heavy atom. The number of hydrogen-bond donors (Lipinski definition) is 1. The van der Waals surface area contributed by atoms with E-state index in [1.807, 2.05) is 30.3 Å². The molecule has 5 nitrogen and oxygen atoms in total. The van der Waals surface area contributed by atoms with Crippen molar-refractivity contribution in [3.63, 3.8) is 0 Å². The molecule has 26 heavy (non-hydrogen) atoms. The number of amides is 1. The van der Waals surface area contributed by atoms with Gasteiger partial charge in [0, 0.05) is 6.54 Å². The van der Waals surface area contributed by atoms with Crippen molar-refractivity contribution in [1.82, 2.24) is 5.32 Å². The summed E-state index contributed by atoms with van der Waals surface area (Å²) in [5, 5.41) is 3.16. The molecular weight excluding hydrogens is 354 g/mol. The molecule has 0 saturated carbocycles. The molecule has 1 atom stereocenters. The minimum atomic E-state index is -0.457. The Balaban J connectivity index is 1.88. The third-order valence-electron chi connectivity index (χ3n) is 3.69. The summed E-state index contributed by atoms with van der Waals surface area (Å²) in [7, 11) is 0. The Morgan fingerprint density at radius 1 is 1.08 bits per heavy atom. The summed E-state index contributed by atoms with van der Waals surface area (Å²) < 4.78 is 10.5. The second-order valence-electron chi connectivity index (χ2n) is 5.66. The van der Waals surface area contributed by atoms with E-state index in [-0.39, 0.29) is 25.0 Å². The third-order valence-corrected chi connectivity index (χ3v) is 4.00. The number of para-hydroxylation sites is 1. The number of nitrogens with one attached hydrogen (secondary N) is 1. The van der Waals surface area contributed by atoms with Crippen molar-refractivity contribution in [1.29, 1.82) is 0 Å². The molecule has 0 saturated heterocycles. The van der Waals surface area contributed by atoms with E-state index in [9.17, 15) is 9.59 Å². The molecule has 0 aliphatic carbocycles. The fraction of sp³-hybridized carbons (Fsp3) is 0.300. The number of esters is 1. The van der Waals surface area contributed by atoms with Crippen LogP contribution in [0, 0.1) is 5.92 Å². The van der Waals surface area contributed by atoms with E-state index in [4.69, 9.17) is 21.1 Å². The van der Waals surface area contributed by atoms with Crippen molar-refractivity contribution in [3.8, 4) is 5.75 Å². The monoisotopic (exact) mass is 375 g/mol. The minimum absolute atomic E-state index is 0.176. The van der Waals surface area contributed by atoms with E-state index in [0.29, 0.717) is 23.8 Å². The maximum atomic E-state index is 12.2. The first-order valence-corrected chi connectivity index (χ1v) is 8.82. The number of ether oxygens (including phenoxy) is 2. The van der Waals surface area contributed by atoms with Gasteiger partial charge in [0.25, 0.3) is 5.91 Å². The lowest BCUT2D eigenvalue weighted by atomic mass is 9.99. The van der Waals surface area contributed by atoms with Gasteiger partial charge in [-0.25, -0.2) is 0 Å². The molecule has 6 heteroatoms. The predicted octanol–water partition coefficient (Wildman–Crippen LogP) is 3.26. The highest BCUT2D eigenvalue weighted by Gasteiger charge is 2.21. The van der Waals surface area contributed by atoms with E-state index in [1.54, 1.807) is 31.2 Å². The van der Waals surface area contributed by atoms with Crippen LogP contribution in [0.5, 0.6) is 5.75 Å². The predicted molar refractivity (Wildman–Crippen MR) is 100 cm³/mol. The molecule has 0 bridgehead atoms. The lowest BCUT2D eigenvalue weighted by Gasteiger charge is -2.16. The van der Waals surface area contributed by atoms with E-state index in [2.05, 4.69) is 5.32 Å². The van der Waals surface area contributed by atoms with E-state index >= 15 is 0 Å². The summed E-state index contributed by atoms with van der Waals surface area (Å²) in [6.45, 7) is 2.06. The third kappa shape index (κ3) is 6.41. The van der Waals surface area contributed by atoms with Crippen LogP contribution in [0.3, 0.4) is 0 Å². The van der Waals surface area contributed by atoms with Crippen LogP contribution in [0.4, 0.5) is 0 Å². The van der Waals surface area contributed by atoms with Gasteiger partial charge in [0.05, 0.1) is 17.5 Å². The van der Waals surface area contributed by atoms with Crippen LogP contribution in [0.2, 0.25) is 5.02 Å². The number of rotatable bonds is 9. The fourth-order valence-electron chi connectivity index (χ4n) is 2.39. The first-order chi connectivity index (χ1) is 12.6. The molecule has 138 valence electrons. The molecule has 0 aliphatic heterocycles. The Bertz CT molecular complexity index is 721. The van der Waals surface area contributed by atoms with Gasteiger partial charge in [-0.15, -0.1) is 0 Å². The molecule has 0 aromatic heterocycles. The van der Waals surface area contributed by atoms with Crippen molar-refractivity contribution in [2.24, 2.45) is 5.92 Å². The summed E-state index contributed by atoms with van der Waals surface area (Å²) in [4.78, 5) is 24.2. The zero-order chi connectivity index (χ0) is 18.8. The normalized spacial score (nSPS) is 11.5. The smallest absolute Gasteiger partial charge is 0.311 e. The number of hydrogen-bond acceptors (Lipinski definition) is 4.